The number of amides is 1. The van der Waals surface area contributed by atoms with Crippen molar-refractivity contribution >= 4 is 34.5 Å². The number of carbonyl (C=O) groups excluding carboxylic acids is 1. The van der Waals surface area contributed by atoms with Crippen molar-refractivity contribution in [3.63, 3.8) is 0 Å². The van der Waals surface area contributed by atoms with Crippen LogP contribution in [0.2, 0.25) is 0 Å². The van der Waals surface area contributed by atoms with Gasteiger partial charge in [0.2, 0.25) is 11.9 Å². The molecule has 0 unspecified atom stereocenters. The molecular weight excluding hydrogens is 420 g/mol. The van der Waals surface area contributed by atoms with Crippen molar-refractivity contribution in [1.82, 2.24) is 24.7 Å². The lowest BCUT2D eigenvalue weighted by atomic mass is 10.2. The Labute approximate surface area is 180 Å². The molecule has 0 fully saturated rings. The summed E-state index contributed by atoms with van der Waals surface area (Å²) >= 11 is 1.12. The van der Waals surface area contributed by atoms with E-state index in [9.17, 15) is 9.59 Å². The molecule has 0 atom stereocenters. The van der Waals surface area contributed by atoms with Crippen LogP contribution < -0.4 is 20.3 Å². The SMILES string of the molecule is COc1ccc(-n2c(SCC(=O)Nc3ncn[nH]3)nc3ccccc3c2=O)c(OC)c1. The Balaban J connectivity index is 1.77. The Hall–Kier alpha value is -3.86. The van der Waals surface area contributed by atoms with Crippen LogP contribution >= 0.6 is 11.8 Å². The number of hydrogen-bond acceptors (Lipinski definition) is 8. The molecule has 0 saturated heterocycles. The number of aromatic nitrogens is 5. The lowest BCUT2D eigenvalue weighted by Crippen LogP contribution is -2.23. The fourth-order valence-electron chi connectivity index (χ4n) is 2.96. The molecule has 31 heavy (non-hydrogen) atoms. The van der Waals surface area contributed by atoms with Crippen molar-refractivity contribution in [2.24, 2.45) is 0 Å². The van der Waals surface area contributed by atoms with E-state index >= 15 is 0 Å². The zero-order valence-electron chi connectivity index (χ0n) is 16.7. The predicted octanol–water partition coefficient (Wildman–Crippen LogP) is 2.25. The molecule has 0 aliphatic heterocycles. The lowest BCUT2D eigenvalue weighted by Gasteiger charge is -2.16. The standard InChI is InChI=1S/C20H18N6O4S/c1-29-12-7-8-15(16(9-12)30-2)26-18(28)13-5-3-4-6-14(13)23-20(26)31-10-17(27)24-19-21-11-22-25-19/h3-9,11H,10H2,1-2H3,(H2,21,22,24,25,27). The van der Waals surface area contributed by atoms with Crippen molar-refractivity contribution in [2.75, 3.05) is 25.3 Å². The van der Waals surface area contributed by atoms with Gasteiger partial charge in [-0.1, -0.05) is 23.9 Å². The van der Waals surface area contributed by atoms with Crippen LogP contribution in [0.1, 0.15) is 0 Å². The van der Waals surface area contributed by atoms with E-state index in [0.717, 1.165) is 11.8 Å². The molecule has 0 saturated carbocycles. The number of nitrogens with zero attached hydrogens (tertiary/aromatic N) is 4. The van der Waals surface area contributed by atoms with Crippen molar-refractivity contribution in [2.45, 2.75) is 5.16 Å². The van der Waals surface area contributed by atoms with Crippen LogP contribution in [0, 0.1) is 0 Å². The molecule has 4 rings (SSSR count). The van der Waals surface area contributed by atoms with E-state index in [1.165, 1.54) is 18.0 Å². The molecule has 0 bridgehead atoms. The summed E-state index contributed by atoms with van der Waals surface area (Å²) in [6.45, 7) is 0. The molecule has 158 valence electrons. The molecular formula is C20H18N6O4S. The topological polar surface area (TPSA) is 124 Å². The molecule has 0 radical (unpaired) electrons. The van der Waals surface area contributed by atoms with Crippen LogP contribution in [0.5, 0.6) is 11.5 Å². The number of fused-ring (bicyclic) bond motifs is 1. The number of aromatic amines is 1. The van der Waals surface area contributed by atoms with Crippen LogP contribution in [-0.4, -0.2) is 50.6 Å². The lowest BCUT2D eigenvalue weighted by molar-refractivity contribution is -0.113. The number of ether oxygens (including phenoxy) is 2. The molecule has 2 aromatic heterocycles. The van der Waals surface area contributed by atoms with E-state index in [4.69, 9.17) is 9.47 Å². The second-order valence-corrected chi connectivity index (χ2v) is 7.20. The first-order valence-electron chi connectivity index (χ1n) is 9.13. The highest BCUT2D eigenvalue weighted by atomic mass is 32.2. The van der Waals surface area contributed by atoms with Gasteiger partial charge in [-0.25, -0.2) is 10.1 Å². The van der Waals surface area contributed by atoms with Gasteiger partial charge in [0.15, 0.2) is 5.16 Å². The Morgan fingerprint density at radius 3 is 2.77 bits per heavy atom. The minimum atomic E-state index is -0.322. The monoisotopic (exact) mass is 438 g/mol. The maximum absolute atomic E-state index is 13.4. The van der Waals surface area contributed by atoms with Crippen LogP contribution in [0.15, 0.2) is 58.7 Å². The molecule has 11 heteroatoms. The van der Waals surface area contributed by atoms with Crippen LogP contribution in [-0.2, 0) is 4.79 Å². The quantitative estimate of drug-likeness (QED) is 0.333. The fraction of sp³-hybridized carbons (Fsp3) is 0.150. The Morgan fingerprint density at radius 1 is 1.19 bits per heavy atom. The number of benzene rings is 2. The van der Waals surface area contributed by atoms with E-state index in [2.05, 4.69) is 25.5 Å². The van der Waals surface area contributed by atoms with Crippen molar-refractivity contribution in [1.29, 1.82) is 0 Å². The van der Waals surface area contributed by atoms with E-state index < -0.39 is 0 Å². The van der Waals surface area contributed by atoms with E-state index in [-0.39, 0.29) is 23.2 Å². The summed E-state index contributed by atoms with van der Waals surface area (Å²) < 4.78 is 12.2. The highest BCUT2D eigenvalue weighted by Crippen LogP contribution is 2.30. The van der Waals surface area contributed by atoms with Gasteiger partial charge in [0.05, 0.1) is 36.6 Å². The number of rotatable bonds is 7. The molecule has 2 aromatic carbocycles. The maximum atomic E-state index is 13.4. The smallest absolute Gasteiger partial charge is 0.266 e. The number of hydrogen-bond donors (Lipinski definition) is 2. The summed E-state index contributed by atoms with van der Waals surface area (Å²) in [7, 11) is 3.06. The summed E-state index contributed by atoms with van der Waals surface area (Å²) in [6.07, 6.45) is 1.29. The minimum Gasteiger partial charge on any atom is -0.497 e. The Morgan fingerprint density at radius 2 is 2.03 bits per heavy atom. The van der Waals surface area contributed by atoms with Gasteiger partial charge in [0.1, 0.15) is 17.8 Å². The zero-order chi connectivity index (χ0) is 21.8. The minimum absolute atomic E-state index is 0.00392. The van der Waals surface area contributed by atoms with Crippen molar-refractivity contribution < 1.29 is 14.3 Å². The third-order valence-electron chi connectivity index (χ3n) is 4.38. The third kappa shape index (κ3) is 4.21. The van der Waals surface area contributed by atoms with Gasteiger partial charge < -0.3 is 9.47 Å². The van der Waals surface area contributed by atoms with Crippen LogP contribution in [0.3, 0.4) is 0 Å². The highest BCUT2D eigenvalue weighted by Gasteiger charge is 2.18. The highest BCUT2D eigenvalue weighted by molar-refractivity contribution is 7.99. The Kier molecular flexibility index (Phi) is 5.85. The molecule has 2 heterocycles. The van der Waals surface area contributed by atoms with Gasteiger partial charge in [0, 0.05) is 6.07 Å². The van der Waals surface area contributed by atoms with Gasteiger partial charge in [-0.3, -0.25) is 19.5 Å². The average molecular weight is 438 g/mol. The summed E-state index contributed by atoms with van der Waals surface area (Å²) in [5, 5.41) is 9.64. The number of anilines is 1. The third-order valence-corrected chi connectivity index (χ3v) is 5.32. The molecule has 0 aliphatic carbocycles. The average Bonchev–Trinajstić information content (AvgIpc) is 3.30. The van der Waals surface area contributed by atoms with Gasteiger partial charge in [-0.05, 0) is 24.3 Å². The maximum Gasteiger partial charge on any atom is 0.266 e. The van der Waals surface area contributed by atoms with Crippen LogP contribution in [0.4, 0.5) is 5.95 Å². The molecule has 1 amide bonds. The van der Waals surface area contributed by atoms with Gasteiger partial charge in [-0.15, -0.1) is 0 Å². The first-order valence-corrected chi connectivity index (χ1v) is 10.1. The number of H-pyrrole nitrogens is 1. The molecule has 10 nitrogen and oxygen atoms in total. The van der Waals surface area contributed by atoms with Gasteiger partial charge in [-0.2, -0.15) is 10.1 Å². The fourth-order valence-corrected chi connectivity index (χ4v) is 3.76. The second kappa shape index (κ2) is 8.88. The summed E-state index contributed by atoms with van der Waals surface area (Å²) in [5.41, 5.74) is 0.756. The first kappa shape index (κ1) is 20.4. The second-order valence-electron chi connectivity index (χ2n) is 6.26. The number of methoxy groups -OCH3 is 2. The number of para-hydroxylation sites is 1. The number of thioether (sulfide) groups is 1. The predicted molar refractivity (Wildman–Crippen MR) is 116 cm³/mol. The Bertz CT molecular complexity index is 1290. The largest absolute Gasteiger partial charge is 0.497 e. The van der Waals surface area contributed by atoms with E-state index in [1.54, 1.807) is 49.6 Å². The zero-order valence-corrected chi connectivity index (χ0v) is 17.5. The van der Waals surface area contributed by atoms with Crippen molar-refractivity contribution in [3.8, 4) is 17.2 Å². The molecule has 2 N–H and O–H groups in total. The molecule has 0 aliphatic rings. The molecule has 4 aromatic rings. The number of carbonyl (C=O) groups is 1. The van der Waals surface area contributed by atoms with E-state index in [0.29, 0.717) is 33.2 Å². The normalized spacial score (nSPS) is 10.8. The van der Waals surface area contributed by atoms with Gasteiger partial charge >= 0.3 is 0 Å². The van der Waals surface area contributed by atoms with Gasteiger partial charge in [0.25, 0.3) is 5.56 Å². The molecule has 0 spiro atoms. The summed E-state index contributed by atoms with van der Waals surface area (Å²) in [5.74, 6) is 0.947. The first-order chi connectivity index (χ1) is 15.1. The van der Waals surface area contributed by atoms with Crippen molar-refractivity contribution in [3.05, 3.63) is 59.1 Å². The van der Waals surface area contributed by atoms with E-state index in [1.807, 2.05) is 0 Å². The summed E-state index contributed by atoms with van der Waals surface area (Å²) in [6, 6.07) is 12.2. The number of nitrogens with one attached hydrogen (secondary N) is 2. The van der Waals surface area contributed by atoms with Crippen LogP contribution in [0.25, 0.3) is 16.6 Å². The summed E-state index contributed by atoms with van der Waals surface area (Å²) in [4.78, 5) is 34.2.